The Kier molecular flexibility index (Phi) is 3.19. The minimum absolute atomic E-state index is 0.221. The fourth-order valence-electron chi connectivity index (χ4n) is 1.68. The van der Waals surface area contributed by atoms with Gasteiger partial charge in [-0.2, -0.15) is 0 Å². The molecule has 0 saturated carbocycles. The molecule has 86 valence electrons. The fourth-order valence-corrected chi connectivity index (χ4v) is 1.68. The number of benzene rings is 1. The van der Waals surface area contributed by atoms with Crippen molar-refractivity contribution in [3.05, 3.63) is 29.9 Å². The lowest BCUT2D eigenvalue weighted by Gasteiger charge is -2.04. The molecule has 2 N–H and O–H groups in total. The summed E-state index contributed by atoms with van der Waals surface area (Å²) in [6, 6.07) is 4.37. The highest BCUT2D eigenvalue weighted by Gasteiger charge is 2.13. The van der Waals surface area contributed by atoms with E-state index in [9.17, 15) is 4.39 Å². The quantitative estimate of drug-likeness (QED) is 0.865. The minimum Gasteiger partial charge on any atom is -0.440 e. The third-order valence-corrected chi connectivity index (χ3v) is 2.63. The van der Waals surface area contributed by atoms with Gasteiger partial charge in [0, 0.05) is 12.0 Å². The van der Waals surface area contributed by atoms with E-state index < -0.39 is 0 Å². The Bertz CT molecular complexity index is 481. The number of rotatable bonds is 4. The van der Waals surface area contributed by atoms with Gasteiger partial charge in [0.25, 0.3) is 0 Å². The van der Waals surface area contributed by atoms with Gasteiger partial charge in [-0.3, -0.25) is 0 Å². The van der Waals surface area contributed by atoms with E-state index in [1.807, 2.05) is 6.92 Å². The number of oxazole rings is 1. The van der Waals surface area contributed by atoms with Gasteiger partial charge in [0.2, 0.25) is 0 Å². The molecule has 0 amide bonds. The maximum Gasteiger partial charge on any atom is 0.198 e. The molecule has 4 heteroatoms. The number of fused-ring (bicyclic) bond motifs is 1. The highest BCUT2D eigenvalue weighted by Crippen LogP contribution is 2.24. The Morgan fingerprint density at radius 1 is 1.50 bits per heavy atom. The first kappa shape index (κ1) is 11.1. The average molecular weight is 222 g/mol. The highest BCUT2D eigenvalue weighted by atomic mass is 19.1. The first-order valence-electron chi connectivity index (χ1n) is 5.46. The molecule has 0 aliphatic rings. The highest BCUT2D eigenvalue weighted by molar-refractivity contribution is 5.72. The summed E-state index contributed by atoms with van der Waals surface area (Å²) < 4.78 is 18.5. The molecule has 2 aromatic rings. The van der Waals surface area contributed by atoms with E-state index in [2.05, 4.69) is 4.98 Å². The molecule has 0 spiro atoms. The summed E-state index contributed by atoms with van der Waals surface area (Å²) in [5, 5.41) is 0. The second-order valence-corrected chi connectivity index (χ2v) is 4.00. The SMILES string of the molecule is CC(CCCN)c1nc2cc(F)ccc2o1. The van der Waals surface area contributed by atoms with Crippen LogP contribution < -0.4 is 5.73 Å². The number of halogens is 1. The van der Waals surface area contributed by atoms with Gasteiger partial charge in [-0.25, -0.2) is 9.37 Å². The Balaban J connectivity index is 2.25. The van der Waals surface area contributed by atoms with Crippen LogP contribution in [0.4, 0.5) is 4.39 Å². The maximum atomic E-state index is 13.0. The van der Waals surface area contributed by atoms with Gasteiger partial charge in [-0.15, -0.1) is 0 Å². The van der Waals surface area contributed by atoms with Crippen LogP contribution in [-0.4, -0.2) is 11.5 Å². The zero-order valence-electron chi connectivity index (χ0n) is 9.24. The number of hydrogen-bond acceptors (Lipinski definition) is 3. The van der Waals surface area contributed by atoms with Crippen LogP contribution in [0, 0.1) is 5.82 Å². The van der Waals surface area contributed by atoms with Crippen LogP contribution in [0.5, 0.6) is 0 Å². The first-order chi connectivity index (χ1) is 7.70. The van der Waals surface area contributed by atoms with Gasteiger partial charge in [0.15, 0.2) is 11.5 Å². The first-order valence-corrected chi connectivity index (χ1v) is 5.46. The van der Waals surface area contributed by atoms with Crippen molar-refractivity contribution in [1.29, 1.82) is 0 Å². The van der Waals surface area contributed by atoms with E-state index in [-0.39, 0.29) is 11.7 Å². The predicted octanol–water partition coefficient (Wildman–Crippen LogP) is 2.81. The van der Waals surface area contributed by atoms with E-state index in [1.54, 1.807) is 6.07 Å². The third kappa shape index (κ3) is 2.22. The number of nitrogens with zero attached hydrogens (tertiary/aromatic N) is 1. The number of hydrogen-bond donors (Lipinski definition) is 1. The molecular weight excluding hydrogens is 207 g/mol. The number of aromatic nitrogens is 1. The topological polar surface area (TPSA) is 52.0 Å². The third-order valence-electron chi connectivity index (χ3n) is 2.63. The fraction of sp³-hybridized carbons (Fsp3) is 0.417. The van der Waals surface area contributed by atoms with Gasteiger partial charge in [-0.05, 0) is 31.5 Å². The van der Waals surface area contributed by atoms with E-state index >= 15 is 0 Å². The molecule has 0 bridgehead atoms. The van der Waals surface area contributed by atoms with Crippen LogP contribution in [0.3, 0.4) is 0 Å². The van der Waals surface area contributed by atoms with Crippen molar-refractivity contribution in [2.24, 2.45) is 5.73 Å². The van der Waals surface area contributed by atoms with Crippen LogP contribution in [0.15, 0.2) is 22.6 Å². The molecule has 0 saturated heterocycles. The predicted molar refractivity (Wildman–Crippen MR) is 60.7 cm³/mol. The summed E-state index contributed by atoms with van der Waals surface area (Å²) in [4.78, 5) is 4.28. The molecule has 1 heterocycles. The molecule has 0 radical (unpaired) electrons. The summed E-state index contributed by atoms with van der Waals surface area (Å²) in [7, 11) is 0. The summed E-state index contributed by atoms with van der Waals surface area (Å²) in [6.45, 7) is 2.70. The van der Waals surface area contributed by atoms with E-state index in [1.165, 1.54) is 12.1 Å². The maximum absolute atomic E-state index is 13.0. The molecule has 0 fully saturated rings. The lowest BCUT2D eigenvalue weighted by atomic mass is 10.1. The second kappa shape index (κ2) is 4.61. The van der Waals surface area contributed by atoms with Crippen molar-refractivity contribution < 1.29 is 8.81 Å². The molecule has 0 aliphatic carbocycles. The van der Waals surface area contributed by atoms with Crippen molar-refractivity contribution in [3.63, 3.8) is 0 Å². The van der Waals surface area contributed by atoms with Gasteiger partial charge < -0.3 is 10.2 Å². The normalized spacial score (nSPS) is 13.2. The van der Waals surface area contributed by atoms with Gasteiger partial charge in [0.05, 0.1) is 0 Å². The van der Waals surface area contributed by atoms with Crippen LogP contribution in [-0.2, 0) is 0 Å². The van der Waals surface area contributed by atoms with Crippen molar-refractivity contribution >= 4 is 11.1 Å². The summed E-state index contributed by atoms with van der Waals surface area (Å²) in [5.74, 6) is 0.593. The number of nitrogens with two attached hydrogens (primary N) is 1. The van der Waals surface area contributed by atoms with E-state index in [4.69, 9.17) is 10.2 Å². The molecule has 1 unspecified atom stereocenters. The van der Waals surface area contributed by atoms with Crippen molar-refractivity contribution in [2.45, 2.75) is 25.7 Å². The van der Waals surface area contributed by atoms with Gasteiger partial charge in [-0.1, -0.05) is 6.92 Å². The molecule has 1 atom stereocenters. The van der Waals surface area contributed by atoms with Gasteiger partial charge >= 0.3 is 0 Å². The Morgan fingerprint density at radius 2 is 2.31 bits per heavy atom. The van der Waals surface area contributed by atoms with Gasteiger partial charge in [0.1, 0.15) is 11.3 Å². The molecular formula is C12H15FN2O. The summed E-state index contributed by atoms with van der Waals surface area (Å²) >= 11 is 0. The Hall–Kier alpha value is -1.42. The summed E-state index contributed by atoms with van der Waals surface area (Å²) in [5.41, 5.74) is 6.66. The zero-order valence-corrected chi connectivity index (χ0v) is 9.24. The minimum atomic E-state index is -0.290. The van der Waals surface area contributed by atoms with Crippen LogP contribution >= 0.6 is 0 Å². The van der Waals surface area contributed by atoms with Crippen LogP contribution in [0.1, 0.15) is 31.6 Å². The molecule has 16 heavy (non-hydrogen) atoms. The largest absolute Gasteiger partial charge is 0.440 e. The van der Waals surface area contributed by atoms with Crippen molar-refractivity contribution in [3.8, 4) is 0 Å². The molecule has 0 aliphatic heterocycles. The van der Waals surface area contributed by atoms with Crippen molar-refractivity contribution in [1.82, 2.24) is 4.98 Å². The zero-order chi connectivity index (χ0) is 11.5. The molecule has 3 nitrogen and oxygen atoms in total. The van der Waals surface area contributed by atoms with Crippen molar-refractivity contribution in [2.75, 3.05) is 6.54 Å². The smallest absolute Gasteiger partial charge is 0.198 e. The lowest BCUT2D eigenvalue weighted by molar-refractivity contribution is 0.464. The molecule has 1 aromatic carbocycles. The van der Waals surface area contributed by atoms with E-state index in [0.29, 0.717) is 23.5 Å². The second-order valence-electron chi connectivity index (χ2n) is 4.00. The average Bonchev–Trinajstić information content (AvgIpc) is 2.68. The van der Waals surface area contributed by atoms with E-state index in [0.717, 1.165) is 12.8 Å². The van der Waals surface area contributed by atoms with Crippen LogP contribution in [0.2, 0.25) is 0 Å². The monoisotopic (exact) mass is 222 g/mol. The molecule has 1 aromatic heterocycles. The lowest BCUT2D eigenvalue weighted by Crippen LogP contribution is -2.02. The summed E-state index contributed by atoms with van der Waals surface area (Å²) in [6.07, 6.45) is 1.88. The Labute approximate surface area is 93.5 Å². The van der Waals surface area contributed by atoms with Crippen LogP contribution in [0.25, 0.3) is 11.1 Å². The molecule has 2 rings (SSSR count). The Morgan fingerprint density at radius 3 is 3.06 bits per heavy atom. The standard InChI is InChI=1S/C12H15FN2O/c1-8(3-2-6-14)12-15-10-7-9(13)4-5-11(10)16-12/h4-5,7-8H,2-3,6,14H2,1H3.